The Morgan fingerprint density at radius 1 is 1.00 bits per heavy atom. The number of piperazine rings is 1. The Morgan fingerprint density at radius 3 is 2.25 bits per heavy atom. The smallest absolute Gasteiger partial charge is 0.255 e. The van der Waals surface area contributed by atoms with Gasteiger partial charge in [0.1, 0.15) is 0 Å². The van der Waals surface area contributed by atoms with Gasteiger partial charge in [0, 0.05) is 37.4 Å². The quantitative estimate of drug-likeness (QED) is 0.836. The minimum absolute atomic E-state index is 0.204. The number of aryl methyl sites for hydroxylation is 2. The first-order valence-corrected chi connectivity index (χ1v) is 11.0. The Bertz CT molecular complexity index is 944. The number of rotatable bonds is 5. The van der Waals surface area contributed by atoms with Crippen LogP contribution in [0.25, 0.3) is 0 Å². The molecule has 1 aliphatic heterocycles. The summed E-state index contributed by atoms with van der Waals surface area (Å²) in [5, 5.41) is 2.81. The molecule has 1 amide bonds. The summed E-state index contributed by atoms with van der Waals surface area (Å²) in [7, 11) is -3.57. The van der Waals surface area contributed by atoms with E-state index in [9.17, 15) is 13.2 Å². The van der Waals surface area contributed by atoms with E-state index >= 15 is 0 Å². The maximum absolute atomic E-state index is 13.0. The second-order valence-electron chi connectivity index (χ2n) is 7.20. The Hall–Kier alpha value is -2.22. The van der Waals surface area contributed by atoms with Crippen LogP contribution >= 0.6 is 0 Å². The molecule has 1 saturated heterocycles. The number of likely N-dealkylation sites (N-methyl/N-ethyl adjacent to an activating group) is 1. The van der Waals surface area contributed by atoms with Gasteiger partial charge in [-0.2, -0.15) is 4.31 Å². The number of carbonyl (C=O) groups is 1. The summed E-state index contributed by atoms with van der Waals surface area (Å²) in [6, 6.07) is 12.1. The number of nitrogens with zero attached hydrogens (tertiary/aromatic N) is 2. The largest absolute Gasteiger partial charge is 0.322 e. The van der Waals surface area contributed by atoms with E-state index in [1.165, 1.54) is 10.4 Å². The van der Waals surface area contributed by atoms with Crippen LogP contribution in [0.1, 0.15) is 28.4 Å². The molecule has 2 aromatic rings. The third kappa shape index (κ3) is 4.60. The molecule has 7 heteroatoms. The average molecular weight is 402 g/mol. The van der Waals surface area contributed by atoms with Gasteiger partial charge < -0.3 is 10.2 Å². The van der Waals surface area contributed by atoms with Gasteiger partial charge in [0.2, 0.25) is 10.0 Å². The van der Waals surface area contributed by atoms with Crippen LogP contribution in [-0.4, -0.2) is 56.3 Å². The van der Waals surface area contributed by atoms with Crippen molar-refractivity contribution >= 4 is 21.6 Å². The van der Waals surface area contributed by atoms with E-state index in [0.717, 1.165) is 30.8 Å². The molecular formula is C21H27N3O3S. The standard InChI is InChI=1S/C21H27N3O3S/c1-4-23-8-10-24(11-9-23)28(26,27)20-7-5-6-19(15-20)22-21(25)18-13-16(2)12-17(3)14-18/h5-7,12-15H,4,8-11H2,1-3H3,(H,22,25). The molecule has 0 atom stereocenters. The van der Waals surface area contributed by atoms with Crippen molar-refractivity contribution in [2.24, 2.45) is 0 Å². The lowest BCUT2D eigenvalue weighted by atomic mass is 10.1. The van der Waals surface area contributed by atoms with Crippen molar-refractivity contribution in [3.63, 3.8) is 0 Å². The van der Waals surface area contributed by atoms with Gasteiger partial charge in [0.25, 0.3) is 5.91 Å². The van der Waals surface area contributed by atoms with Gasteiger partial charge in [-0.05, 0) is 50.7 Å². The van der Waals surface area contributed by atoms with Gasteiger partial charge in [0.15, 0.2) is 0 Å². The second kappa shape index (κ2) is 8.43. The van der Waals surface area contributed by atoms with Gasteiger partial charge >= 0.3 is 0 Å². The Labute approximate surface area is 167 Å². The van der Waals surface area contributed by atoms with E-state index in [4.69, 9.17) is 0 Å². The van der Waals surface area contributed by atoms with Gasteiger partial charge in [-0.15, -0.1) is 0 Å². The molecule has 0 unspecified atom stereocenters. The van der Waals surface area contributed by atoms with Crippen LogP contribution < -0.4 is 5.32 Å². The molecule has 1 N–H and O–H groups in total. The highest BCUT2D eigenvalue weighted by molar-refractivity contribution is 7.89. The highest BCUT2D eigenvalue weighted by Crippen LogP contribution is 2.21. The van der Waals surface area contributed by atoms with Crippen LogP contribution in [0, 0.1) is 13.8 Å². The van der Waals surface area contributed by atoms with E-state index < -0.39 is 10.0 Å². The Kier molecular flexibility index (Phi) is 6.17. The molecule has 3 rings (SSSR count). The molecule has 1 fully saturated rings. The number of amides is 1. The van der Waals surface area contributed by atoms with Gasteiger partial charge in [0.05, 0.1) is 4.90 Å². The molecule has 0 spiro atoms. The fraction of sp³-hybridized carbons (Fsp3) is 0.381. The molecule has 28 heavy (non-hydrogen) atoms. The number of hydrogen-bond donors (Lipinski definition) is 1. The number of anilines is 1. The monoisotopic (exact) mass is 401 g/mol. The molecule has 0 radical (unpaired) electrons. The van der Waals surface area contributed by atoms with Crippen LogP contribution in [0.3, 0.4) is 0 Å². The summed E-state index contributed by atoms with van der Waals surface area (Å²) in [5.41, 5.74) is 3.04. The minimum Gasteiger partial charge on any atom is -0.322 e. The normalized spacial score (nSPS) is 16.1. The summed E-state index contributed by atoms with van der Waals surface area (Å²) >= 11 is 0. The predicted molar refractivity (Wildman–Crippen MR) is 111 cm³/mol. The number of carbonyl (C=O) groups excluding carboxylic acids is 1. The SMILES string of the molecule is CCN1CCN(S(=O)(=O)c2cccc(NC(=O)c3cc(C)cc(C)c3)c2)CC1. The lowest BCUT2D eigenvalue weighted by molar-refractivity contribution is 0.102. The van der Waals surface area contributed by atoms with E-state index in [1.54, 1.807) is 18.2 Å². The van der Waals surface area contributed by atoms with Crippen LogP contribution in [0.4, 0.5) is 5.69 Å². The minimum atomic E-state index is -3.57. The summed E-state index contributed by atoms with van der Waals surface area (Å²) in [4.78, 5) is 15.0. The van der Waals surface area contributed by atoms with Crippen molar-refractivity contribution in [1.29, 1.82) is 0 Å². The van der Waals surface area contributed by atoms with E-state index in [0.29, 0.717) is 24.3 Å². The molecular weight excluding hydrogens is 374 g/mol. The number of hydrogen-bond acceptors (Lipinski definition) is 4. The highest BCUT2D eigenvalue weighted by Gasteiger charge is 2.28. The van der Waals surface area contributed by atoms with Gasteiger partial charge in [-0.25, -0.2) is 8.42 Å². The molecule has 1 heterocycles. The van der Waals surface area contributed by atoms with Crippen LogP contribution in [0.5, 0.6) is 0 Å². The average Bonchev–Trinajstić information content (AvgIpc) is 2.67. The molecule has 2 aromatic carbocycles. The molecule has 6 nitrogen and oxygen atoms in total. The zero-order valence-electron chi connectivity index (χ0n) is 16.6. The zero-order valence-corrected chi connectivity index (χ0v) is 17.4. The van der Waals surface area contributed by atoms with Crippen LogP contribution in [-0.2, 0) is 10.0 Å². The molecule has 0 aromatic heterocycles. The third-order valence-electron chi connectivity index (χ3n) is 4.99. The van der Waals surface area contributed by atoms with Crippen molar-refractivity contribution in [3.8, 4) is 0 Å². The van der Waals surface area contributed by atoms with E-state index in [-0.39, 0.29) is 10.8 Å². The molecule has 0 bridgehead atoms. The van der Waals surface area contributed by atoms with Crippen molar-refractivity contribution < 1.29 is 13.2 Å². The lowest BCUT2D eigenvalue weighted by Crippen LogP contribution is -2.48. The lowest BCUT2D eigenvalue weighted by Gasteiger charge is -2.33. The first-order valence-electron chi connectivity index (χ1n) is 9.52. The predicted octanol–water partition coefficient (Wildman–Crippen LogP) is 2.88. The van der Waals surface area contributed by atoms with Crippen molar-refractivity contribution in [2.45, 2.75) is 25.7 Å². The Balaban J connectivity index is 1.77. The summed E-state index contributed by atoms with van der Waals surface area (Å²) in [6.45, 7) is 9.31. The fourth-order valence-corrected chi connectivity index (χ4v) is 4.95. The van der Waals surface area contributed by atoms with Crippen molar-refractivity contribution in [3.05, 3.63) is 59.2 Å². The first-order chi connectivity index (χ1) is 13.3. The molecule has 0 aliphatic carbocycles. The van der Waals surface area contributed by atoms with Crippen molar-refractivity contribution in [2.75, 3.05) is 38.0 Å². The number of benzene rings is 2. The zero-order chi connectivity index (χ0) is 20.3. The Morgan fingerprint density at radius 2 is 1.64 bits per heavy atom. The summed E-state index contributed by atoms with van der Waals surface area (Å²) in [5.74, 6) is -0.252. The van der Waals surface area contributed by atoms with Crippen molar-refractivity contribution in [1.82, 2.24) is 9.21 Å². The fourth-order valence-electron chi connectivity index (χ4n) is 3.48. The number of nitrogens with one attached hydrogen (secondary N) is 1. The summed E-state index contributed by atoms with van der Waals surface area (Å²) < 4.78 is 27.5. The van der Waals surface area contributed by atoms with Crippen LogP contribution in [0.15, 0.2) is 47.4 Å². The molecule has 150 valence electrons. The van der Waals surface area contributed by atoms with Crippen LogP contribution in [0.2, 0.25) is 0 Å². The highest BCUT2D eigenvalue weighted by atomic mass is 32.2. The van der Waals surface area contributed by atoms with Gasteiger partial charge in [-0.3, -0.25) is 4.79 Å². The number of sulfonamides is 1. The van der Waals surface area contributed by atoms with E-state index in [1.807, 2.05) is 32.0 Å². The maximum atomic E-state index is 13.0. The second-order valence-corrected chi connectivity index (χ2v) is 9.13. The maximum Gasteiger partial charge on any atom is 0.255 e. The molecule has 0 saturated carbocycles. The van der Waals surface area contributed by atoms with E-state index in [2.05, 4.69) is 17.1 Å². The third-order valence-corrected chi connectivity index (χ3v) is 6.89. The summed E-state index contributed by atoms with van der Waals surface area (Å²) in [6.07, 6.45) is 0. The topological polar surface area (TPSA) is 69.7 Å². The molecule has 1 aliphatic rings. The van der Waals surface area contributed by atoms with Gasteiger partial charge in [-0.1, -0.05) is 30.2 Å². The first kappa shape index (κ1) is 20.5.